The number of hydrogen-bond acceptors (Lipinski definition) is 11. The molecule has 1 aliphatic carbocycles. The van der Waals surface area contributed by atoms with E-state index in [0.29, 0.717) is 5.56 Å². The van der Waals surface area contributed by atoms with Crippen LogP contribution in [0, 0.1) is 5.82 Å². The van der Waals surface area contributed by atoms with Crippen molar-refractivity contribution >= 4 is 73.9 Å². The van der Waals surface area contributed by atoms with Gasteiger partial charge >= 0.3 is 6.18 Å². The molecule has 0 saturated heterocycles. The number of aromatic nitrogens is 2. The number of thiol groups is 4. The number of halogens is 4. The van der Waals surface area contributed by atoms with Crippen LogP contribution in [0.1, 0.15) is 24.0 Å². The third-order valence-electron chi connectivity index (χ3n) is 5.68. The van der Waals surface area contributed by atoms with Gasteiger partial charge in [0.15, 0.2) is 20.6 Å². The zero-order chi connectivity index (χ0) is 26.4. The summed E-state index contributed by atoms with van der Waals surface area (Å²) in [6, 6.07) is 4.77. The standard InChI is InChI=1S/C21H22F4N4O2S5/c22-15-16(28-11-36-18(30)7-8-31-21(34,35)20(18,32)33)26-10-27-17(15)29(14-5-6-14)9-12-1-3-13(4-2-12)19(23,24)25/h1-4,7-8,10,14,30,32-35H,5-6,9,11H2,(H,26,27,28). The van der Waals surface area contributed by atoms with Crippen LogP contribution in [0.3, 0.4) is 0 Å². The fraction of sp³-hybridized carbons (Fsp3) is 0.429. The summed E-state index contributed by atoms with van der Waals surface area (Å²) in [7, 11) is 0. The Morgan fingerprint density at radius 1 is 1.14 bits per heavy atom. The molecule has 0 spiro atoms. The number of aliphatic hydroxyl groups is 1. The maximum Gasteiger partial charge on any atom is 0.416 e. The third kappa shape index (κ3) is 5.65. The van der Waals surface area contributed by atoms with Crippen molar-refractivity contribution in [3.05, 3.63) is 59.9 Å². The summed E-state index contributed by atoms with van der Waals surface area (Å²) >= 11 is 18.2. The second-order valence-corrected chi connectivity index (χ2v) is 12.8. The highest BCUT2D eigenvalue weighted by molar-refractivity contribution is 8.10. The Kier molecular flexibility index (Phi) is 7.91. The number of nitrogens with one attached hydrogen (secondary N) is 1. The second kappa shape index (κ2) is 10.2. The van der Waals surface area contributed by atoms with E-state index in [9.17, 15) is 18.3 Å². The number of rotatable bonds is 8. The summed E-state index contributed by atoms with van der Waals surface area (Å²) in [5.41, 5.74) is -0.158. The molecule has 1 unspecified atom stereocenters. The van der Waals surface area contributed by atoms with Crippen molar-refractivity contribution < 1.29 is 27.4 Å². The lowest BCUT2D eigenvalue weighted by molar-refractivity contribution is -0.137. The van der Waals surface area contributed by atoms with Crippen molar-refractivity contribution in [2.24, 2.45) is 0 Å². The minimum atomic E-state index is -4.43. The molecule has 2 aliphatic rings. The van der Waals surface area contributed by atoms with Crippen LogP contribution >= 0.6 is 62.3 Å². The molecule has 2 N–H and O–H groups in total. The lowest BCUT2D eigenvalue weighted by Gasteiger charge is -2.48. The molecule has 0 amide bonds. The predicted octanol–water partition coefficient (Wildman–Crippen LogP) is 5.21. The lowest BCUT2D eigenvalue weighted by Crippen LogP contribution is -2.56. The Balaban J connectivity index is 1.48. The number of benzene rings is 1. The summed E-state index contributed by atoms with van der Waals surface area (Å²) in [5, 5.41) is 13.9. The zero-order valence-corrected chi connectivity index (χ0v) is 22.7. The Bertz CT molecular complexity index is 1130. The van der Waals surface area contributed by atoms with E-state index in [0.717, 1.165) is 36.7 Å². The minimum absolute atomic E-state index is 0.00292. The van der Waals surface area contributed by atoms with Gasteiger partial charge in [0, 0.05) is 12.6 Å². The van der Waals surface area contributed by atoms with Crippen LogP contribution in [0.5, 0.6) is 0 Å². The van der Waals surface area contributed by atoms with Crippen LogP contribution in [0.15, 0.2) is 42.9 Å². The molecule has 1 aliphatic heterocycles. The van der Waals surface area contributed by atoms with Crippen LogP contribution < -0.4 is 10.2 Å². The molecular weight excluding hydrogens is 577 g/mol. The van der Waals surface area contributed by atoms with Crippen LogP contribution in [-0.4, -0.2) is 40.3 Å². The molecule has 1 aromatic carbocycles. The van der Waals surface area contributed by atoms with E-state index >= 15 is 4.39 Å². The summed E-state index contributed by atoms with van der Waals surface area (Å²) in [5.74, 6) is -0.784. The van der Waals surface area contributed by atoms with Gasteiger partial charge in [0.1, 0.15) is 6.33 Å². The van der Waals surface area contributed by atoms with Crippen LogP contribution in [0.2, 0.25) is 0 Å². The molecule has 0 radical (unpaired) electrons. The lowest BCUT2D eigenvalue weighted by atomic mass is 10.1. The smallest absolute Gasteiger partial charge is 0.416 e. The van der Waals surface area contributed by atoms with Gasteiger partial charge in [0.05, 0.1) is 17.7 Å². The fourth-order valence-electron chi connectivity index (χ4n) is 3.46. The number of alkyl halides is 3. The Hall–Kier alpha value is -1.13. The molecule has 1 saturated carbocycles. The van der Waals surface area contributed by atoms with Crippen molar-refractivity contribution in [1.82, 2.24) is 9.97 Å². The number of hydrogen-bond donors (Lipinski definition) is 6. The minimum Gasteiger partial charge on any atom is -0.473 e. The average molecular weight is 599 g/mol. The molecule has 0 bridgehead atoms. The summed E-state index contributed by atoms with van der Waals surface area (Å²) in [6.07, 6.45) is 0.961. The monoisotopic (exact) mass is 598 g/mol. The molecule has 15 heteroatoms. The van der Waals surface area contributed by atoms with E-state index < -0.39 is 30.8 Å². The molecule has 1 atom stereocenters. The molecule has 6 nitrogen and oxygen atoms in total. The van der Waals surface area contributed by atoms with E-state index in [-0.39, 0.29) is 30.1 Å². The maximum atomic E-state index is 15.4. The Morgan fingerprint density at radius 2 is 1.81 bits per heavy atom. The summed E-state index contributed by atoms with van der Waals surface area (Å²) in [6.45, 7) is 0.184. The fourth-order valence-corrected chi connectivity index (χ4v) is 5.64. The first-order valence-corrected chi connectivity index (χ1v) is 13.3. The quantitative estimate of drug-likeness (QED) is 0.142. The van der Waals surface area contributed by atoms with E-state index in [2.05, 4.69) is 65.8 Å². The number of ether oxygens (including phenoxy) is 1. The Morgan fingerprint density at radius 3 is 2.42 bits per heavy atom. The third-order valence-corrected chi connectivity index (χ3v) is 10.0. The molecule has 2 heterocycles. The first-order chi connectivity index (χ1) is 16.8. The van der Waals surface area contributed by atoms with E-state index in [1.165, 1.54) is 30.8 Å². The van der Waals surface area contributed by atoms with Crippen molar-refractivity contribution in [2.75, 3.05) is 16.1 Å². The number of nitrogens with zero attached hydrogens (tertiary/aromatic N) is 3. The van der Waals surface area contributed by atoms with Gasteiger partial charge in [-0.25, -0.2) is 9.97 Å². The van der Waals surface area contributed by atoms with Crippen molar-refractivity contribution in [3.63, 3.8) is 0 Å². The summed E-state index contributed by atoms with van der Waals surface area (Å²) < 4.78 is 56.3. The second-order valence-electron chi connectivity index (χ2n) is 8.28. The van der Waals surface area contributed by atoms with Crippen LogP contribution in [0.25, 0.3) is 0 Å². The van der Waals surface area contributed by atoms with Gasteiger partial charge in [-0.15, -0.1) is 25.3 Å². The topological polar surface area (TPSA) is 70.5 Å². The van der Waals surface area contributed by atoms with Crippen LogP contribution in [0.4, 0.5) is 29.2 Å². The van der Waals surface area contributed by atoms with Gasteiger partial charge in [0.25, 0.3) is 0 Å². The molecule has 1 aromatic heterocycles. The van der Waals surface area contributed by atoms with E-state index in [4.69, 9.17) is 4.74 Å². The largest absolute Gasteiger partial charge is 0.473 e. The number of anilines is 2. The van der Waals surface area contributed by atoms with Gasteiger partial charge in [-0.3, -0.25) is 0 Å². The van der Waals surface area contributed by atoms with E-state index in [1.54, 1.807) is 4.90 Å². The van der Waals surface area contributed by atoms with Crippen molar-refractivity contribution in [2.45, 2.75) is 44.9 Å². The maximum absolute atomic E-state index is 15.4. The predicted molar refractivity (Wildman–Crippen MR) is 145 cm³/mol. The SMILES string of the molecule is OC1(SCNc2ncnc(N(Cc3ccc(C(F)(F)F)cc3)C3CC3)c2F)C=COC(S)(S)C1(S)S. The van der Waals surface area contributed by atoms with Gasteiger partial charge < -0.3 is 20.1 Å². The molecule has 36 heavy (non-hydrogen) atoms. The van der Waals surface area contributed by atoms with Crippen molar-refractivity contribution in [1.29, 1.82) is 0 Å². The van der Waals surface area contributed by atoms with Gasteiger partial charge in [-0.2, -0.15) is 42.8 Å². The van der Waals surface area contributed by atoms with E-state index in [1.807, 2.05) is 0 Å². The number of thioether (sulfide) groups is 1. The molecule has 4 rings (SSSR count). The normalized spacial score (nSPS) is 22.7. The highest BCUT2D eigenvalue weighted by Gasteiger charge is 2.59. The highest BCUT2D eigenvalue weighted by Crippen LogP contribution is 2.56. The molecule has 196 valence electrons. The first-order valence-electron chi connectivity index (χ1n) is 10.5. The molecule has 1 fully saturated rings. The molecule has 2 aromatic rings. The zero-order valence-electron chi connectivity index (χ0n) is 18.4. The van der Waals surface area contributed by atoms with Gasteiger partial charge in [0.2, 0.25) is 10.1 Å². The highest BCUT2D eigenvalue weighted by atomic mass is 32.2. The summed E-state index contributed by atoms with van der Waals surface area (Å²) in [4.78, 5) is 8.09. The molecular formula is C21H22F4N4O2S5. The van der Waals surface area contributed by atoms with Gasteiger partial charge in [-0.1, -0.05) is 23.9 Å². The average Bonchev–Trinajstić information content (AvgIpc) is 3.63. The van der Waals surface area contributed by atoms with Gasteiger partial charge in [-0.05, 0) is 36.6 Å². The first kappa shape index (κ1) is 27.9. The Labute approximate surface area is 231 Å². The van der Waals surface area contributed by atoms with Crippen molar-refractivity contribution in [3.8, 4) is 0 Å². The van der Waals surface area contributed by atoms with Crippen LogP contribution in [-0.2, 0) is 17.5 Å².